The number of carboxylic acids is 1. The number of hydrogen-bond acceptors (Lipinski definition) is 10. The van der Waals surface area contributed by atoms with Crippen LogP contribution in [0.2, 0.25) is 0 Å². The lowest BCUT2D eigenvalue weighted by molar-refractivity contribution is 0.0687. The maximum absolute atomic E-state index is 11.5. The molecular weight excluding hydrogens is 354 g/mol. The number of aromatic carboxylic acids is 1. The van der Waals surface area contributed by atoms with Gasteiger partial charge in [0.25, 0.3) is 0 Å². The molecule has 1 aliphatic heterocycles. The Bertz CT molecular complexity index is 931. The molecule has 1 aliphatic rings. The molecule has 0 saturated carbocycles. The number of carbonyl (C=O) groups is 1. The molecule has 0 aromatic carbocycles. The van der Waals surface area contributed by atoms with Crippen LogP contribution in [-0.2, 0) is 6.54 Å². The number of anilines is 2. The molecule has 140 valence electrons. The van der Waals surface area contributed by atoms with Gasteiger partial charge in [-0.05, 0) is 22.4 Å². The first kappa shape index (κ1) is 16.9. The van der Waals surface area contributed by atoms with Gasteiger partial charge in [-0.25, -0.2) is 14.4 Å². The van der Waals surface area contributed by atoms with Crippen LogP contribution in [0.5, 0.6) is 0 Å². The van der Waals surface area contributed by atoms with Crippen molar-refractivity contribution in [2.24, 2.45) is 0 Å². The van der Waals surface area contributed by atoms with Gasteiger partial charge in [-0.3, -0.25) is 4.90 Å². The molecule has 0 radical (unpaired) electrons. The van der Waals surface area contributed by atoms with Crippen LogP contribution in [0.3, 0.4) is 0 Å². The molecule has 12 heteroatoms. The molecule has 0 amide bonds. The van der Waals surface area contributed by atoms with E-state index in [4.69, 9.17) is 5.73 Å². The van der Waals surface area contributed by atoms with Crippen molar-refractivity contribution < 1.29 is 14.5 Å². The molecule has 3 N–H and O–H groups in total. The van der Waals surface area contributed by atoms with Gasteiger partial charge in [0.15, 0.2) is 5.69 Å². The Hall–Kier alpha value is -3.54. The summed E-state index contributed by atoms with van der Waals surface area (Å²) in [6.45, 7) is 3.33. The van der Waals surface area contributed by atoms with Crippen LogP contribution in [0, 0.1) is 0 Å². The Morgan fingerprint density at radius 3 is 2.67 bits per heavy atom. The van der Waals surface area contributed by atoms with Gasteiger partial charge >= 0.3 is 5.97 Å². The van der Waals surface area contributed by atoms with Crippen LogP contribution < -0.4 is 10.6 Å². The third kappa shape index (κ3) is 3.29. The topological polar surface area (TPSA) is 152 Å². The van der Waals surface area contributed by atoms with Crippen LogP contribution in [-0.4, -0.2) is 72.4 Å². The molecule has 0 aliphatic carbocycles. The fourth-order valence-corrected chi connectivity index (χ4v) is 3.01. The van der Waals surface area contributed by atoms with Gasteiger partial charge < -0.3 is 15.7 Å². The standard InChI is InChI=1S/C15H17N9O3/c16-13-14(20-27-19-13)24-10(12(15(25)26)18-21-24)9-22-5-7-23(8-6-22)11-3-1-2-4-17-11/h1-4H,5-9H2,(H2,16,19)(H,25,26). The van der Waals surface area contributed by atoms with E-state index in [0.29, 0.717) is 12.2 Å². The number of carboxylic acid groups (broad SMARTS) is 1. The number of pyridine rings is 1. The van der Waals surface area contributed by atoms with Crippen LogP contribution in [0.15, 0.2) is 29.0 Å². The number of rotatable bonds is 5. The molecule has 3 aromatic rings. The molecule has 3 aromatic heterocycles. The molecule has 0 unspecified atom stereocenters. The van der Waals surface area contributed by atoms with Crippen molar-refractivity contribution in [1.29, 1.82) is 0 Å². The van der Waals surface area contributed by atoms with Crippen molar-refractivity contribution in [3.8, 4) is 5.82 Å². The first-order valence-corrected chi connectivity index (χ1v) is 8.28. The van der Waals surface area contributed by atoms with Crippen molar-refractivity contribution in [3.63, 3.8) is 0 Å². The van der Waals surface area contributed by atoms with Gasteiger partial charge in [0.2, 0.25) is 11.6 Å². The Balaban J connectivity index is 1.52. The summed E-state index contributed by atoms with van der Waals surface area (Å²) in [6, 6.07) is 5.80. The number of nitrogens with two attached hydrogens (primary N) is 1. The van der Waals surface area contributed by atoms with E-state index in [2.05, 4.69) is 40.0 Å². The number of piperazine rings is 1. The number of nitrogens with zero attached hydrogens (tertiary/aromatic N) is 8. The second-order valence-electron chi connectivity index (χ2n) is 6.03. The van der Waals surface area contributed by atoms with Crippen LogP contribution >= 0.6 is 0 Å². The predicted octanol–water partition coefficient (Wildman–Crippen LogP) is -0.352. The van der Waals surface area contributed by atoms with Gasteiger partial charge in [0.1, 0.15) is 5.82 Å². The zero-order valence-corrected chi connectivity index (χ0v) is 14.3. The van der Waals surface area contributed by atoms with Gasteiger partial charge in [-0.1, -0.05) is 11.3 Å². The molecule has 0 spiro atoms. The zero-order valence-electron chi connectivity index (χ0n) is 14.3. The third-order valence-corrected chi connectivity index (χ3v) is 4.38. The van der Waals surface area contributed by atoms with E-state index in [-0.39, 0.29) is 17.3 Å². The van der Waals surface area contributed by atoms with Crippen LogP contribution in [0.25, 0.3) is 5.82 Å². The van der Waals surface area contributed by atoms with Crippen molar-refractivity contribution in [2.45, 2.75) is 6.54 Å². The third-order valence-electron chi connectivity index (χ3n) is 4.38. The second kappa shape index (κ2) is 6.99. The molecule has 0 atom stereocenters. The lowest BCUT2D eigenvalue weighted by Gasteiger charge is -2.35. The van der Waals surface area contributed by atoms with E-state index in [9.17, 15) is 9.90 Å². The molecule has 4 heterocycles. The highest BCUT2D eigenvalue weighted by Gasteiger charge is 2.27. The predicted molar refractivity (Wildman–Crippen MR) is 92.3 cm³/mol. The molecule has 4 rings (SSSR count). The van der Waals surface area contributed by atoms with E-state index < -0.39 is 5.97 Å². The smallest absolute Gasteiger partial charge is 0.358 e. The first-order chi connectivity index (χ1) is 13.1. The van der Waals surface area contributed by atoms with Crippen LogP contribution in [0.1, 0.15) is 16.2 Å². The average molecular weight is 371 g/mol. The maximum Gasteiger partial charge on any atom is 0.358 e. The molecular formula is C15H17N9O3. The molecule has 27 heavy (non-hydrogen) atoms. The quantitative estimate of drug-likeness (QED) is 0.605. The minimum Gasteiger partial charge on any atom is -0.476 e. The Morgan fingerprint density at radius 2 is 2.04 bits per heavy atom. The van der Waals surface area contributed by atoms with Gasteiger partial charge in [0, 0.05) is 38.9 Å². The maximum atomic E-state index is 11.5. The van der Waals surface area contributed by atoms with Gasteiger partial charge in [0.05, 0.1) is 5.69 Å². The highest BCUT2D eigenvalue weighted by Crippen LogP contribution is 2.19. The van der Waals surface area contributed by atoms with Crippen LogP contribution in [0.4, 0.5) is 11.6 Å². The largest absolute Gasteiger partial charge is 0.476 e. The van der Waals surface area contributed by atoms with E-state index >= 15 is 0 Å². The molecule has 12 nitrogen and oxygen atoms in total. The average Bonchev–Trinajstić information content (AvgIpc) is 3.29. The van der Waals surface area contributed by atoms with E-state index in [1.54, 1.807) is 6.20 Å². The summed E-state index contributed by atoms with van der Waals surface area (Å²) in [5.74, 6) is -0.106. The second-order valence-corrected chi connectivity index (χ2v) is 6.03. The summed E-state index contributed by atoms with van der Waals surface area (Å²) in [5.41, 5.74) is 5.93. The van der Waals surface area contributed by atoms with Crippen molar-refractivity contribution >= 4 is 17.6 Å². The summed E-state index contributed by atoms with van der Waals surface area (Å²) in [5, 5.41) is 24.2. The number of hydrogen-bond donors (Lipinski definition) is 2. The van der Waals surface area contributed by atoms with E-state index in [0.717, 1.165) is 32.0 Å². The van der Waals surface area contributed by atoms with Crippen molar-refractivity contribution in [1.82, 2.24) is 35.2 Å². The summed E-state index contributed by atoms with van der Waals surface area (Å²) in [7, 11) is 0. The van der Waals surface area contributed by atoms with Gasteiger partial charge in [-0.2, -0.15) is 4.68 Å². The zero-order chi connectivity index (χ0) is 18.8. The minimum atomic E-state index is -1.17. The summed E-state index contributed by atoms with van der Waals surface area (Å²) < 4.78 is 5.85. The fraction of sp³-hybridized carbons (Fsp3) is 0.333. The Kier molecular flexibility index (Phi) is 4.38. The summed E-state index contributed by atoms with van der Waals surface area (Å²) in [6.07, 6.45) is 1.77. The molecule has 0 bridgehead atoms. The first-order valence-electron chi connectivity index (χ1n) is 8.28. The summed E-state index contributed by atoms with van der Waals surface area (Å²) >= 11 is 0. The summed E-state index contributed by atoms with van der Waals surface area (Å²) in [4.78, 5) is 20.2. The Labute approximate surface area is 153 Å². The van der Waals surface area contributed by atoms with Crippen molar-refractivity contribution in [3.05, 3.63) is 35.8 Å². The molecule has 1 fully saturated rings. The number of aromatic nitrogens is 6. The normalized spacial score (nSPS) is 15.2. The number of nitrogen functional groups attached to an aromatic ring is 1. The SMILES string of the molecule is Nc1nonc1-n1nnc(C(=O)O)c1CN1CCN(c2ccccn2)CC1. The van der Waals surface area contributed by atoms with E-state index in [1.165, 1.54) is 4.68 Å². The fourth-order valence-electron chi connectivity index (χ4n) is 3.01. The van der Waals surface area contributed by atoms with E-state index in [1.807, 2.05) is 18.2 Å². The monoisotopic (exact) mass is 371 g/mol. The highest BCUT2D eigenvalue weighted by molar-refractivity contribution is 5.86. The highest BCUT2D eigenvalue weighted by atomic mass is 16.6. The lowest BCUT2D eigenvalue weighted by Crippen LogP contribution is -2.46. The Morgan fingerprint density at radius 1 is 1.22 bits per heavy atom. The lowest BCUT2D eigenvalue weighted by atomic mass is 10.2. The van der Waals surface area contributed by atoms with Gasteiger partial charge in [-0.15, -0.1) is 5.10 Å². The van der Waals surface area contributed by atoms with Crippen molar-refractivity contribution in [2.75, 3.05) is 36.8 Å². The molecule has 1 saturated heterocycles. The minimum absolute atomic E-state index is 0.0121.